The van der Waals surface area contributed by atoms with Crippen molar-refractivity contribution in [2.75, 3.05) is 0 Å². The average Bonchev–Trinajstić information content (AvgIpc) is 3.18. The van der Waals surface area contributed by atoms with Crippen LogP contribution in [0.1, 0.15) is 46.6 Å². The first-order valence-corrected chi connectivity index (χ1v) is 11.6. The molecular weight excluding hydrogens is 434 g/mol. The Morgan fingerprint density at radius 3 is 2.15 bits per heavy atom. The summed E-state index contributed by atoms with van der Waals surface area (Å²) in [6.45, 7) is 8.99. The number of benzene rings is 1. The number of carbonyl (C=O) groups is 3. The van der Waals surface area contributed by atoms with E-state index in [0.29, 0.717) is 6.42 Å². The molecule has 1 aromatic carbocycles. The molecule has 3 amide bonds. The molecule has 9 heteroatoms. The lowest BCUT2D eigenvalue weighted by atomic mass is 9.99. The number of aromatic nitrogens is 1. The SMILES string of the molecule is CC(C)C[C@H](NC(=O)[C@H](Cc1c[nH]c2ccccc12)NC(=O)[C@H](C)N)C(=O)N[C@H]([C]=O)C(C)C. The number of para-hydroxylation sites is 1. The molecule has 0 fully saturated rings. The van der Waals surface area contributed by atoms with E-state index in [9.17, 15) is 19.2 Å². The number of hydrogen-bond donors (Lipinski definition) is 5. The summed E-state index contributed by atoms with van der Waals surface area (Å²) < 4.78 is 0. The molecular formula is C25H36N5O4. The number of amides is 3. The molecule has 34 heavy (non-hydrogen) atoms. The Bertz CT molecular complexity index is 998. The summed E-state index contributed by atoms with van der Waals surface area (Å²) in [5, 5.41) is 9.07. The summed E-state index contributed by atoms with van der Waals surface area (Å²) in [4.78, 5) is 53.0. The van der Waals surface area contributed by atoms with E-state index < -0.39 is 41.9 Å². The predicted octanol–water partition coefficient (Wildman–Crippen LogP) is 1.32. The largest absolute Gasteiger partial charge is 0.361 e. The highest BCUT2D eigenvalue weighted by molar-refractivity contribution is 5.94. The summed E-state index contributed by atoms with van der Waals surface area (Å²) >= 11 is 0. The summed E-state index contributed by atoms with van der Waals surface area (Å²) in [7, 11) is 0. The van der Waals surface area contributed by atoms with Crippen molar-refractivity contribution in [2.24, 2.45) is 17.6 Å². The van der Waals surface area contributed by atoms with Gasteiger partial charge in [0, 0.05) is 23.5 Å². The van der Waals surface area contributed by atoms with Crippen LogP contribution in [-0.2, 0) is 25.6 Å². The van der Waals surface area contributed by atoms with Gasteiger partial charge < -0.3 is 26.7 Å². The van der Waals surface area contributed by atoms with Crippen LogP contribution in [0.25, 0.3) is 10.9 Å². The van der Waals surface area contributed by atoms with Gasteiger partial charge in [-0.1, -0.05) is 45.9 Å². The maximum Gasteiger partial charge on any atom is 0.243 e. The van der Waals surface area contributed by atoms with Crippen LogP contribution in [0.5, 0.6) is 0 Å². The molecule has 0 bridgehead atoms. The molecule has 0 aliphatic rings. The van der Waals surface area contributed by atoms with Gasteiger partial charge in [0.15, 0.2) is 0 Å². The Morgan fingerprint density at radius 2 is 1.56 bits per heavy atom. The summed E-state index contributed by atoms with van der Waals surface area (Å²) in [6, 6.07) is 4.25. The molecule has 2 rings (SSSR count). The van der Waals surface area contributed by atoms with E-state index in [1.807, 2.05) is 44.4 Å². The van der Waals surface area contributed by atoms with Gasteiger partial charge >= 0.3 is 0 Å². The van der Waals surface area contributed by atoms with Crippen molar-refractivity contribution in [3.8, 4) is 0 Å². The second-order valence-electron chi connectivity index (χ2n) is 9.45. The third-order valence-corrected chi connectivity index (χ3v) is 5.58. The van der Waals surface area contributed by atoms with E-state index in [2.05, 4.69) is 20.9 Å². The van der Waals surface area contributed by atoms with Crippen molar-refractivity contribution in [2.45, 2.75) is 71.6 Å². The average molecular weight is 471 g/mol. The molecule has 0 spiro atoms. The number of carbonyl (C=O) groups excluding carboxylic acids is 4. The second kappa shape index (κ2) is 12.3. The van der Waals surface area contributed by atoms with Crippen molar-refractivity contribution in [3.05, 3.63) is 36.0 Å². The van der Waals surface area contributed by atoms with Gasteiger partial charge in [0.2, 0.25) is 24.0 Å². The predicted molar refractivity (Wildman–Crippen MR) is 131 cm³/mol. The minimum atomic E-state index is -0.946. The van der Waals surface area contributed by atoms with Crippen LogP contribution in [0.4, 0.5) is 0 Å². The van der Waals surface area contributed by atoms with Gasteiger partial charge in [0.25, 0.3) is 0 Å². The first-order chi connectivity index (χ1) is 16.0. The van der Waals surface area contributed by atoms with E-state index in [-0.39, 0.29) is 18.3 Å². The lowest BCUT2D eigenvalue weighted by Crippen LogP contribution is -2.57. The van der Waals surface area contributed by atoms with Crippen LogP contribution in [0.3, 0.4) is 0 Å². The van der Waals surface area contributed by atoms with E-state index in [4.69, 9.17) is 5.73 Å². The standard InChI is InChI=1S/C25H36N5O4/c1-14(2)10-20(24(33)30-22(13-31)15(3)4)29-25(34)21(28-23(32)16(5)26)11-17-12-27-19-9-7-6-8-18(17)19/h6-9,12,14-16,20-22,27H,10-11,26H2,1-5H3,(H,28,32)(H,29,34)(H,30,33)/t16-,20-,21-,22+/m0/s1. The fraction of sp³-hybridized carbons (Fsp3) is 0.520. The number of rotatable bonds is 12. The van der Waals surface area contributed by atoms with Gasteiger partial charge in [-0.2, -0.15) is 0 Å². The molecule has 9 nitrogen and oxygen atoms in total. The number of fused-ring (bicyclic) bond motifs is 1. The van der Waals surface area contributed by atoms with Crippen molar-refractivity contribution >= 4 is 34.9 Å². The lowest BCUT2D eigenvalue weighted by molar-refractivity contribution is -0.132. The number of nitrogens with one attached hydrogen (secondary N) is 4. The Kier molecular flexibility index (Phi) is 9.80. The number of H-pyrrole nitrogens is 1. The zero-order chi connectivity index (χ0) is 25.4. The highest BCUT2D eigenvalue weighted by Crippen LogP contribution is 2.19. The fourth-order valence-electron chi connectivity index (χ4n) is 3.59. The highest BCUT2D eigenvalue weighted by Gasteiger charge is 2.30. The van der Waals surface area contributed by atoms with Crippen LogP contribution >= 0.6 is 0 Å². The van der Waals surface area contributed by atoms with Gasteiger partial charge in [-0.05, 0) is 36.8 Å². The van der Waals surface area contributed by atoms with Crippen LogP contribution in [0.2, 0.25) is 0 Å². The molecule has 6 N–H and O–H groups in total. The molecule has 1 radical (unpaired) electrons. The third kappa shape index (κ3) is 7.41. The van der Waals surface area contributed by atoms with E-state index >= 15 is 0 Å². The minimum Gasteiger partial charge on any atom is -0.361 e. The lowest BCUT2D eigenvalue weighted by Gasteiger charge is -2.26. The first-order valence-electron chi connectivity index (χ1n) is 11.6. The summed E-state index contributed by atoms with van der Waals surface area (Å²) in [6.07, 6.45) is 4.21. The van der Waals surface area contributed by atoms with Crippen LogP contribution in [0, 0.1) is 11.8 Å². The Morgan fingerprint density at radius 1 is 0.941 bits per heavy atom. The van der Waals surface area contributed by atoms with Gasteiger partial charge in [0.1, 0.15) is 12.1 Å². The fourth-order valence-corrected chi connectivity index (χ4v) is 3.59. The third-order valence-electron chi connectivity index (χ3n) is 5.58. The number of nitrogens with two attached hydrogens (primary N) is 1. The smallest absolute Gasteiger partial charge is 0.243 e. The molecule has 185 valence electrons. The van der Waals surface area contributed by atoms with E-state index in [1.54, 1.807) is 20.0 Å². The number of hydrogen-bond acceptors (Lipinski definition) is 5. The quantitative estimate of drug-likeness (QED) is 0.318. The summed E-state index contributed by atoms with van der Waals surface area (Å²) in [5.74, 6) is -1.48. The molecule has 1 aromatic heterocycles. The first kappa shape index (κ1) is 27.0. The zero-order valence-corrected chi connectivity index (χ0v) is 20.5. The van der Waals surface area contributed by atoms with Gasteiger partial charge in [-0.3, -0.25) is 19.2 Å². The van der Waals surface area contributed by atoms with Crippen LogP contribution in [0.15, 0.2) is 30.5 Å². The summed E-state index contributed by atoms with van der Waals surface area (Å²) in [5.41, 5.74) is 7.47. The second-order valence-corrected chi connectivity index (χ2v) is 9.45. The van der Waals surface area contributed by atoms with Crippen molar-refractivity contribution in [1.29, 1.82) is 0 Å². The minimum absolute atomic E-state index is 0.0967. The van der Waals surface area contributed by atoms with Gasteiger partial charge in [-0.15, -0.1) is 0 Å². The normalized spacial score (nSPS) is 14.9. The van der Waals surface area contributed by atoms with Crippen molar-refractivity contribution in [3.63, 3.8) is 0 Å². The van der Waals surface area contributed by atoms with E-state index in [1.165, 1.54) is 6.92 Å². The molecule has 0 aliphatic carbocycles. The molecule has 0 saturated heterocycles. The molecule has 1 heterocycles. The maximum atomic E-state index is 13.3. The van der Waals surface area contributed by atoms with Gasteiger partial charge in [-0.25, -0.2) is 0 Å². The highest BCUT2D eigenvalue weighted by atomic mass is 16.2. The van der Waals surface area contributed by atoms with Crippen LogP contribution < -0.4 is 21.7 Å². The molecule has 0 unspecified atom stereocenters. The zero-order valence-electron chi connectivity index (χ0n) is 20.5. The Hall–Kier alpha value is -3.20. The van der Waals surface area contributed by atoms with Crippen molar-refractivity contribution < 1.29 is 19.2 Å². The van der Waals surface area contributed by atoms with E-state index in [0.717, 1.165) is 16.5 Å². The molecule has 0 aliphatic heterocycles. The van der Waals surface area contributed by atoms with Gasteiger partial charge in [0.05, 0.1) is 12.1 Å². The maximum absolute atomic E-state index is 13.3. The Labute approximate surface area is 200 Å². The molecule has 2 aromatic rings. The topological polar surface area (TPSA) is 146 Å². The molecule has 0 saturated carbocycles. The van der Waals surface area contributed by atoms with Crippen molar-refractivity contribution in [1.82, 2.24) is 20.9 Å². The monoisotopic (exact) mass is 470 g/mol. The van der Waals surface area contributed by atoms with Crippen LogP contribution in [-0.4, -0.2) is 53.2 Å². The molecule has 4 atom stereocenters. The number of aromatic amines is 1. The Balaban J connectivity index is 2.26.